The van der Waals surface area contributed by atoms with Crippen molar-refractivity contribution in [2.24, 2.45) is 5.73 Å². The van der Waals surface area contributed by atoms with Gasteiger partial charge in [0.25, 0.3) is 0 Å². The number of hydrogen-bond acceptors (Lipinski definition) is 8. The Labute approximate surface area is 212 Å². The van der Waals surface area contributed by atoms with Gasteiger partial charge in [0.2, 0.25) is 15.8 Å². The fourth-order valence-corrected chi connectivity index (χ4v) is 5.01. The number of methoxy groups -OCH3 is 1. The van der Waals surface area contributed by atoms with Gasteiger partial charge in [-0.05, 0) is 42.8 Å². The first-order valence-electron chi connectivity index (χ1n) is 11.3. The van der Waals surface area contributed by atoms with Gasteiger partial charge in [-0.15, -0.1) is 0 Å². The molecular weight excluding hydrogens is 506 g/mol. The highest BCUT2D eigenvalue weighted by Gasteiger charge is 2.20. The van der Waals surface area contributed by atoms with E-state index in [0.717, 1.165) is 0 Å². The number of hydrogen-bond donors (Lipinski definition) is 3. The maximum absolute atomic E-state index is 14.7. The van der Waals surface area contributed by atoms with Gasteiger partial charge in [-0.25, -0.2) is 27.5 Å². The molecule has 0 aliphatic heterocycles. The molecule has 2 aromatic heterocycles. The molecule has 0 radical (unpaired) electrons. The van der Waals surface area contributed by atoms with E-state index in [0.29, 0.717) is 41.6 Å². The number of rotatable bonds is 11. The van der Waals surface area contributed by atoms with E-state index in [1.165, 1.54) is 37.7 Å². The van der Waals surface area contributed by atoms with Crippen molar-refractivity contribution in [1.29, 1.82) is 0 Å². The first kappa shape index (κ1) is 26.4. The second-order valence-electron chi connectivity index (χ2n) is 7.96. The maximum Gasteiger partial charge on any atom is 0.240 e. The molecule has 10 nitrogen and oxygen atoms in total. The van der Waals surface area contributed by atoms with Crippen molar-refractivity contribution in [1.82, 2.24) is 19.1 Å². The molecule has 0 amide bonds. The molecule has 0 unspecified atom stereocenters. The zero-order valence-electron chi connectivity index (χ0n) is 20.2. The molecule has 37 heavy (non-hydrogen) atoms. The van der Waals surface area contributed by atoms with Crippen LogP contribution in [0.5, 0.6) is 5.75 Å². The summed E-state index contributed by atoms with van der Waals surface area (Å²) in [5, 5.41) is 3.11. The van der Waals surface area contributed by atoms with E-state index in [1.54, 1.807) is 29.7 Å². The van der Waals surface area contributed by atoms with Crippen LogP contribution in [0.3, 0.4) is 0 Å². The van der Waals surface area contributed by atoms with E-state index in [9.17, 15) is 17.2 Å². The topological polar surface area (TPSA) is 133 Å². The molecule has 2 aromatic carbocycles. The number of nitrogens with zero attached hydrogens (tertiary/aromatic N) is 3. The SMILES string of the molecule is COc1ccc(-c2cnc3c(Nc4ccc(S(=O)(=O)NCCOCCN)c(C)c4)nccn23)c(F)c1F. The molecule has 0 atom stereocenters. The summed E-state index contributed by atoms with van der Waals surface area (Å²) in [6, 6.07) is 7.49. The summed E-state index contributed by atoms with van der Waals surface area (Å²) in [7, 11) is -2.48. The summed E-state index contributed by atoms with van der Waals surface area (Å²) < 4.78 is 68.4. The normalized spacial score (nSPS) is 11.7. The molecule has 2 heterocycles. The Morgan fingerprint density at radius 3 is 2.65 bits per heavy atom. The third-order valence-corrected chi connectivity index (χ3v) is 7.12. The van der Waals surface area contributed by atoms with Crippen LogP contribution in [-0.2, 0) is 14.8 Å². The third kappa shape index (κ3) is 5.54. The van der Waals surface area contributed by atoms with Crippen LogP contribution in [0.2, 0.25) is 0 Å². The van der Waals surface area contributed by atoms with Gasteiger partial charge in [-0.3, -0.25) is 4.40 Å². The van der Waals surface area contributed by atoms with Gasteiger partial charge >= 0.3 is 0 Å². The van der Waals surface area contributed by atoms with Crippen LogP contribution in [-0.4, -0.2) is 56.2 Å². The lowest BCUT2D eigenvalue weighted by Crippen LogP contribution is -2.28. The van der Waals surface area contributed by atoms with Crippen molar-refractivity contribution in [2.45, 2.75) is 11.8 Å². The van der Waals surface area contributed by atoms with Crippen LogP contribution in [0, 0.1) is 18.6 Å². The summed E-state index contributed by atoms with van der Waals surface area (Å²) in [4.78, 5) is 8.77. The van der Waals surface area contributed by atoms with Crippen molar-refractivity contribution in [2.75, 3.05) is 38.7 Å². The largest absolute Gasteiger partial charge is 0.494 e. The lowest BCUT2D eigenvalue weighted by Gasteiger charge is -2.12. The minimum absolute atomic E-state index is 0.00859. The number of sulfonamides is 1. The van der Waals surface area contributed by atoms with Crippen molar-refractivity contribution in [3.8, 4) is 17.0 Å². The van der Waals surface area contributed by atoms with E-state index in [4.69, 9.17) is 15.2 Å². The number of ether oxygens (including phenoxy) is 2. The summed E-state index contributed by atoms with van der Waals surface area (Å²) in [5.74, 6) is -2.01. The van der Waals surface area contributed by atoms with E-state index < -0.39 is 21.7 Å². The molecule has 0 saturated carbocycles. The number of halogens is 2. The third-order valence-electron chi connectivity index (χ3n) is 5.50. The summed E-state index contributed by atoms with van der Waals surface area (Å²) in [6.45, 7) is 2.72. The molecule has 4 N–H and O–H groups in total. The lowest BCUT2D eigenvalue weighted by atomic mass is 10.1. The lowest BCUT2D eigenvalue weighted by molar-refractivity contribution is 0.147. The van der Waals surface area contributed by atoms with Crippen LogP contribution < -0.4 is 20.5 Å². The first-order valence-corrected chi connectivity index (χ1v) is 12.7. The van der Waals surface area contributed by atoms with Gasteiger partial charge in [0.15, 0.2) is 23.0 Å². The zero-order valence-corrected chi connectivity index (χ0v) is 21.0. The van der Waals surface area contributed by atoms with Crippen molar-refractivity contribution < 1.29 is 26.7 Å². The van der Waals surface area contributed by atoms with Gasteiger partial charge < -0.3 is 20.5 Å². The predicted molar refractivity (Wildman–Crippen MR) is 134 cm³/mol. The molecule has 196 valence electrons. The second kappa shape index (κ2) is 11.2. The number of anilines is 2. The Balaban J connectivity index is 1.58. The molecular formula is C24H26F2N6O4S. The van der Waals surface area contributed by atoms with Crippen LogP contribution in [0.4, 0.5) is 20.3 Å². The van der Waals surface area contributed by atoms with E-state index in [1.807, 2.05) is 0 Å². The summed E-state index contributed by atoms with van der Waals surface area (Å²) in [6.07, 6.45) is 4.48. The van der Waals surface area contributed by atoms with Crippen LogP contribution >= 0.6 is 0 Å². The minimum Gasteiger partial charge on any atom is -0.494 e. The first-order chi connectivity index (χ1) is 17.8. The quantitative estimate of drug-likeness (QED) is 0.251. The fourth-order valence-electron chi connectivity index (χ4n) is 3.77. The maximum atomic E-state index is 14.7. The highest BCUT2D eigenvalue weighted by Crippen LogP contribution is 2.31. The van der Waals surface area contributed by atoms with Gasteiger partial charge in [0.05, 0.1) is 37.1 Å². The van der Waals surface area contributed by atoms with Crippen molar-refractivity contribution in [3.05, 3.63) is 66.1 Å². The Morgan fingerprint density at radius 1 is 1.11 bits per heavy atom. The Hall–Kier alpha value is -3.65. The number of benzene rings is 2. The molecule has 0 aliphatic rings. The molecule has 4 aromatic rings. The molecule has 0 saturated heterocycles. The van der Waals surface area contributed by atoms with Crippen molar-refractivity contribution >= 4 is 27.2 Å². The van der Waals surface area contributed by atoms with E-state index in [-0.39, 0.29) is 29.4 Å². The smallest absolute Gasteiger partial charge is 0.240 e. The Morgan fingerprint density at radius 2 is 1.92 bits per heavy atom. The average molecular weight is 533 g/mol. The monoisotopic (exact) mass is 532 g/mol. The van der Waals surface area contributed by atoms with Crippen LogP contribution in [0.25, 0.3) is 16.9 Å². The van der Waals surface area contributed by atoms with Gasteiger partial charge in [0, 0.05) is 36.7 Å². The standard InChI is InChI=1S/C24H26F2N6O4S/c1-15-13-16(3-6-20(15)37(33,34)30-9-12-36-11-7-27)31-23-24-29-14-18(32(24)10-8-28-23)17-4-5-19(35-2)22(26)21(17)25/h3-6,8,10,13-14,30H,7,9,11-12,27H2,1-2H3,(H,28,31). The van der Waals surface area contributed by atoms with Crippen molar-refractivity contribution in [3.63, 3.8) is 0 Å². The Bertz CT molecular complexity index is 1530. The van der Waals surface area contributed by atoms with Crippen LogP contribution in [0.15, 0.2) is 53.8 Å². The van der Waals surface area contributed by atoms with Crippen LogP contribution in [0.1, 0.15) is 5.56 Å². The molecule has 13 heteroatoms. The van der Waals surface area contributed by atoms with E-state index in [2.05, 4.69) is 20.0 Å². The molecule has 4 rings (SSSR count). The summed E-state index contributed by atoms with van der Waals surface area (Å²) in [5.41, 5.74) is 7.10. The Kier molecular flexibility index (Phi) is 7.97. The number of aryl methyl sites for hydroxylation is 1. The van der Waals surface area contributed by atoms with Gasteiger partial charge in [0.1, 0.15) is 0 Å². The minimum atomic E-state index is -3.74. The van der Waals surface area contributed by atoms with Gasteiger partial charge in [-0.1, -0.05) is 0 Å². The number of nitrogens with two attached hydrogens (primary N) is 1. The molecule has 0 aliphatic carbocycles. The molecule has 0 fully saturated rings. The highest BCUT2D eigenvalue weighted by molar-refractivity contribution is 7.89. The fraction of sp³-hybridized carbons (Fsp3) is 0.250. The average Bonchev–Trinajstić information content (AvgIpc) is 3.30. The second-order valence-corrected chi connectivity index (χ2v) is 9.70. The number of imidazole rings is 1. The highest BCUT2D eigenvalue weighted by atomic mass is 32.2. The molecule has 0 spiro atoms. The van der Waals surface area contributed by atoms with Gasteiger partial charge in [-0.2, -0.15) is 4.39 Å². The zero-order chi connectivity index (χ0) is 26.6. The number of aromatic nitrogens is 3. The predicted octanol–water partition coefficient (Wildman–Crippen LogP) is 2.99. The molecule has 0 bridgehead atoms. The van der Waals surface area contributed by atoms with E-state index >= 15 is 0 Å². The number of nitrogens with one attached hydrogen (secondary N) is 2. The number of fused-ring (bicyclic) bond motifs is 1. The summed E-state index contributed by atoms with van der Waals surface area (Å²) >= 11 is 0.